The summed E-state index contributed by atoms with van der Waals surface area (Å²) >= 11 is 0. The molecular weight excluding hydrogens is 122 g/mol. The van der Waals surface area contributed by atoms with Crippen LogP contribution in [0.5, 0.6) is 0 Å². The third kappa shape index (κ3) is 0.800. The Hall–Kier alpha value is -0.0400. The first-order valence-corrected chi connectivity index (χ1v) is 4.54. The molecule has 0 radical (unpaired) electrons. The molecule has 1 saturated heterocycles. The van der Waals surface area contributed by atoms with Crippen LogP contribution < -0.4 is 5.32 Å². The van der Waals surface area contributed by atoms with Crippen molar-refractivity contribution in [1.29, 1.82) is 0 Å². The zero-order valence-corrected chi connectivity index (χ0v) is 6.82. The SMILES string of the molecule is CC1CCCC12CCNC2. The molecule has 0 bridgehead atoms. The van der Waals surface area contributed by atoms with Crippen molar-refractivity contribution in [2.24, 2.45) is 11.3 Å². The molecule has 0 amide bonds. The van der Waals surface area contributed by atoms with Crippen molar-refractivity contribution >= 4 is 0 Å². The number of rotatable bonds is 0. The summed E-state index contributed by atoms with van der Waals surface area (Å²) in [5.41, 5.74) is 0.736. The van der Waals surface area contributed by atoms with E-state index in [1.807, 2.05) is 0 Å². The topological polar surface area (TPSA) is 12.0 Å². The minimum absolute atomic E-state index is 0.736. The summed E-state index contributed by atoms with van der Waals surface area (Å²) in [7, 11) is 0. The molecule has 58 valence electrons. The van der Waals surface area contributed by atoms with Gasteiger partial charge in [0.2, 0.25) is 0 Å². The van der Waals surface area contributed by atoms with Crippen LogP contribution in [0.25, 0.3) is 0 Å². The lowest BCUT2D eigenvalue weighted by atomic mass is 9.78. The van der Waals surface area contributed by atoms with Crippen LogP contribution in [0.3, 0.4) is 0 Å². The summed E-state index contributed by atoms with van der Waals surface area (Å²) in [6.07, 6.45) is 5.87. The van der Waals surface area contributed by atoms with E-state index in [-0.39, 0.29) is 0 Å². The van der Waals surface area contributed by atoms with Crippen molar-refractivity contribution < 1.29 is 0 Å². The third-order valence-corrected chi connectivity index (χ3v) is 3.63. The van der Waals surface area contributed by atoms with Crippen LogP contribution in [0.1, 0.15) is 32.6 Å². The minimum Gasteiger partial charge on any atom is -0.316 e. The number of hydrogen-bond acceptors (Lipinski definition) is 1. The van der Waals surface area contributed by atoms with Crippen LogP contribution >= 0.6 is 0 Å². The number of hydrogen-bond donors (Lipinski definition) is 1. The molecule has 0 aromatic carbocycles. The standard InChI is InChI=1S/C9H17N/c1-8-3-2-4-9(8)5-6-10-7-9/h8,10H,2-7H2,1H3. The minimum atomic E-state index is 0.736. The molecule has 2 atom stereocenters. The van der Waals surface area contributed by atoms with Gasteiger partial charge in [0, 0.05) is 6.54 Å². The Bertz CT molecular complexity index is 119. The summed E-state index contributed by atoms with van der Waals surface area (Å²) in [6.45, 7) is 5.00. The molecule has 2 rings (SSSR count). The van der Waals surface area contributed by atoms with E-state index in [9.17, 15) is 0 Å². The highest BCUT2D eigenvalue weighted by Gasteiger charge is 2.41. The van der Waals surface area contributed by atoms with Crippen molar-refractivity contribution in [3.05, 3.63) is 0 Å². The van der Waals surface area contributed by atoms with Crippen LogP contribution in [0.4, 0.5) is 0 Å². The lowest BCUT2D eigenvalue weighted by molar-refractivity contribution is 0.246. The molecule has 2 unspecified atom stereocenters. The molecule has 0 aromatic heterocycles. The molecule has 1 nitrogen and oxygen atoms in total. The van der Waals surface area contributed by atoms with E-state index in [0.29, 0.717) is 0 Å². The van der Waals surface area contributed by atoms with Gasteiger partial charge in [0.15, 0.2) is 0 Å². The highest BCUT2D eigenvalue weighted by Crippen LogP contribution is 2.46. The second-order valence-electron chi connectivity index (χ2n) is 4.08. The molecule has 1 N–H and O–H groups in total. The predicted octanol–water partition coefficient (Wildman–Crippen LogP) is 1.79. The smallest absolute Gasteiger partial charge is 0.00108 e. The highest BCUT2D eigenvalue weighted by molar-refractivity contribution is 4.95. The highest BCUT2D eigenvalue weighted by atomic mass is 14.9. The van der Waals surface area contributed by atoms with E-state index in [1.54, 1.807) is 0 Å². The molecule has 1 heteroatoms. The van der Waals surface area contributed by atoms with Gasteiger partial charge in [0.25, 0.3) is 0 Å². The Kier molecular flexibility index (Phi) is 1.48. The van der Waals surface area contributed by atoms with Crippen LogP contribution in [-0.2, 0) is 0 Å². The molecule has 1 aliphatic heterocycles. The van der Waals surface area contributed by atoms with Gasteiger partial charge in [-0.25, -0.2) is 0 Å². The van der Waals surface area contributed by atoms with E-state index in [2.05, 4.69) is 12.2 Å². The van der Waals surface area contributed by atoms with E-state index in [0.717, 1.165) is 11.3 Å². The van der Waals surface area contributed by atoms with Gasteiger partial charge in [0.1, 0.15) is 0 Å². The fourth-order valence-electron chi connectivity index (χ4n) is 2.71. The van der Waals surface area contributed by atoms with Crippen molar-refractivity contribution in [3.63, 3.8) is 0 Å². The first-order valence-electron chi connectivity index (χ1n) is 4.54. The first kappa shape index (κ1) is 6.66. The molecule has 2 fully saturated rings. The van der Waals surface area contributed by atoms with E-state index < -0.39 is 0 Å². The first-order chi connectivity index (χ1) is 4.83. The normalized spacial score (nSPS) is 47.1. The van der Waals surface area contributed by atoms with Crippen LogP contribution in [0, 0.1) is 11.3 Å². The van der Waals surface area contributed by atoms with Crippen LogP contribution in [0.15, 0.2) is 0 Å². The average Bonchev–Trinajstić information content (AvgIpc) is 2.48. The average molecular weight is 139 g/mol. The van der Waals surface area contributed by atoms with E-state index >= 15 is 0 Å². The Morgan fingerprint density at radius 2 is 2.30 bits per heavy atom. The predicted molar refractivity (Wildman–Crippen MR) is 42.9 cm³/mol. The molecule has 1 saturated carbocycles. The summed E-state index contributed by atoms with van der Waals surface area (Å²) in [6, 6.07) is 0. The molecular formula is C9H17N. The zero-order chi connectivity index (χ0) is 7.03. The lowest BCUT2D eigenvalue weighted by Crippen LogP contribution is -2.26. The Morgan fingerprint density at radius 1 is 1.40 bits per heavy atom. The molecule has 10 heavy (non-hydrogen) atoms. The van der Waals surface area contributed by atoms with Crippen LogP contribution in [-0.4, -0.2) is 13.1 Å². The molecule has 1 aliphatic carbocycles. The zero-order valence-electron chi connectivity index (χ0n) is 6.82. The van der Waals surface area contributed by atoms with E-state index in [1.165, 1.54) is 38.8 Å². The maximum absolute atomic E-state index is 3.49. The van der Waals surface area contributed by atoms with Gasteiger partial charge in [-0.3, -0.25) is 0 Å². The summed E-state index contributed by atoms with van der Waals surface area (Å²) in [5.74, 6) is 0.988. The van der Waals surface area contributed by atoms with Crippen molar-refractivity contribution in [2.45, 2.75) is 32.6 Å². The van der Waals surface area contributed by atoms with Gasteiger partial charge in [-0.05, 0) is 30.7 Å². The fraction of sp³-hybridized carbons (Fsp3) is 1.00. The summed E-state index contributed by atoms with van der Waals surface area (Å²) in [4.78, 5) is 0. The van der Waals surface area contributed by atoms with Gasteiger partial charge in [-0.1, -0.05) is 19.8 Å². The Labute approximate surface area is 63.2 Å². The van der Waals surface area contributed by atoms with Gasteiger partial charge in [-0.15, -0.1) is 0 Å². The summed E-state index contributed by atoms with van der Waals surface area (Å²) < 4.78 is 0. The molecule has 1 spiro atoms. The number of nitrogens with one attached hydrogen (secondary N) is 1. The quantitative estimate of drug-likeness (QED) is 0.539. The van der Waals surface area contributed by atoms with Crippen molar-refractivity contribution in [2.75, 3.05) is 13.1 Å². The maximum atomic E-state index is 3.49. The third-order valence-electron chi connectivity index (χ3n) is 3.63. The van der Waals surface area contributed by atoms with Crippen molar-refractivity contribution in [1.82, 2.24) is 5.32 Å². The molecule has 0 aromatic rings. The fourth-order valence-corrected chi connectivity index (χ4v) is 2.71. The monoisotopic (exact) mass is 139 g/mol. The van der Waals surface area contributed by atoms with Gasteiger partial charge >= 0.3 is 0 Å². The second kappa shape index (κ2) is 2.23. The maximum Gasteiger partial charge on any atom is 0.00108 e. The Balaban J connectivity index is 2.11. The van der Waals surface area contributed by atoms with Crippen LogP contribution in [0.2, 0.25) is 0 Å². The van der Waals surface area contributed by atoms with E-state index in [4.69, 9.17) is 0 Å². The van der Waals surface area contributed by atoms with Gasteiger partial charge < -0.3 is 5.32 Å². The van der Waals surface area contributed by atoms with Crippen molar-refractivity contribution in [3.8, 4) is 0 Å². The second-order valence-corrected chi connectivity index (χ2v) is 4.08. The lowest BCUT2D eigenvalue weighted by Gasteiger charge is -2.27. The Morgan fingerprint density at radius 3 is 2.80 bits per heavy atom. The molecule has 2 aliphatic rings. The summed E-state index contributed by atoms with van der Waals surface area (Å²) in [5, 5.41) is 3.49. The molecule has 1 heterocycles. The van der Waals surface area contributed by atoms with Gasteiger partial charge in [0.05, 0.1) is 0 Å². The largest absolute Gasteiger partial charge is 0.316 e. The van der Waals surface area contributed by atoms with Gasteiger partial charge in [-0.2, -0.15) is 0 Å².